The van der Waals surface area contributed by atoms with Crippen molar-refractivity contribution in [3.63, 3.8) is 0 Å². The quantitative estimate of drug-likeness (QED) is 0.663. The van der Waals surface area contributed by atoms with E-state index >= 15 is 0 Å². The molecule has 0 unspecified atom stereocenters. The maximum Gasteiger partial charge on any atom is 0.259 e. The number of fused-ring (bicyclic) bond motifs is 3. The maximum atomic E-state index is 13.5. The molecule has 10 heteroatoms. The molecule has 3 aliphatic heterocycles. The minimum atomic E-state index is -0.467. The molecule has 2 saturated heterocycles. The number of nitrogens with two attached hydrogens (primary N) is 1. The summed E-state index contributed by atoms with van der Waals surface area (Å²) in [7, 11) is 0. The zero-order valence-corrected chi connectivity index (χ0v) is 19.6. The topological polar surface area (TPSA) is 121 Å². The maximum absolute atomic E-state index is 13.5. The summed E-state index contributed by atoms with van der Waals surface area (Å²) in [6.07, 6.45) is 7.40. The molecule has 2 fully saturated rings. The standard InChI is InChI=1S/C24H32N8O2/c1-2-26-24-28-13-19-22(29-24)32-9-3-4-18(32)15-31(23(19)34)14-16-7-10-30(11-8-16)20-6-5-17(12-27-20)21(25)33/h5-6,12-13,16,18H,2-4,7-11,14-15H2,1H3,(H2,25,33)(H,26,28,29)/t18-/m0/s1. The fraction of sp³-hybridized carbons (Fsp3) is 0.542. The van der Waals surface area contributed by atoms with Crippen molar-refractivity contribution < 1.29 is 9.59 Å². The van der Waals surface area contributed by atoms with Gasteiger partial charge in [0.15, 0.2) is 0 Å². The number of hydrogen-bond acceptors (Lipinski definition) is 8. The number of carbonyl (C=O) groups excluding carboxylic acids is 2. The first-order chi connectivity index (χ1) is 16.5. The molecule has 10 nitrogen and oxygen atoms in total. The van der Waals surface area contributed by atoms with Crippen LogP contribution in [0.4, 0.5) is 17.6 Å². The number of anilines is 3. The predicted octanol–water partition coefficient (Wildman–Crippen LogP) is 1.74. The molecule has 0 bridgehead atoms. The van der Waals surface area contributed by atoms with E-state index in [4.69, 9.17) is 10.7 Å². The third kappa shape index (κ3) is 4.36. The minimum absolute atomic E-state index is 0.0404. The number of pyridine rings is 1. The average Bonchev–Trinajstić information content (AvgIpc) is 3.28. The summed E-state index contributed by atoms with van der Waals surface area (Å²) in [5.41, 5.74) is 6.35. The van der Waals surface area contributed by atoms with Crippen molar-refractivity contribution in [1.82, 2.24) is 19.9 Å². The highest BCUT2D eigenvalue weighted by molar-refractivity contribution is 5.99. The van der Waals surface area contributed by atoms with E-state index in [1.165, 1.54) is 6.20 Å². The summed E-state index contributed by atoms with van der Waals surface area (Å²) in [4.78, 5) is 44.9. The van der Waals surface area contributed by atoms with Crippen molar-refractivity contribution in [3.05, 3.63) is 35.7 Å². The first-order valence-electron chi connectivity index (χ1n) is 12.2. The highest BCUT2D eigenvalue weighted by Gasteiger charge is 2.37. The van der Waals surface area contributed by atoms with Crippen LogP contribution < -0.4 is 20.9 Å². The molecule has 0 radical (unpaired) electrons. The number of hydrogen-bond donors (Lipinski definition) is 2. The van der Waals surface area contributed by atoms with E-state index in [2.05, 4.69) is 25.1 Å². The lowest BCUT2D eigenvalue weighted by atomic mass is 9.95. The summed E-state index contributed by atoms with van der Waals surface area (Å²) >= 11 is 0. The zero-order chi connectivity index (χ0) is 23.7. The lowest BCUT2D eigenvalue weighted by Crippen LogP contribution is -2.44. The number of aromatic nitrogens is 3. The molecule has 180 valence electrons. The fourth-order valence-electron chi connectivity index (χ4n) is 5.33. The van der Waals surface area contributed by atoms with Gasteiger partial charge in [0.05, 0.1) is 5.56 Å². The summed E-state index contributed by atoms with van der Waals surface area (Å²) in [6.45, 7) is 6.92. The van der Waals surface area contributed by atoms with Crippen LogP contribution >= 0.6 is 0 Å². The minimum Gasteiger partial charge on any atom is -0.366 e. The van der Waals surface area contributed by atoms with Gasteiger partial charge in [-0.3, -0.25) is 9.59 Å². The Labute approximate surface area is 199 Å². The van der Waals surface area contributed by atoms with Gasteiger partial charge >= 0.3 is 0 Å². The molecular weight excluding hydrogens is 432 g/mol. The van der Waals surface area contributed by atoms with E-state index in [1.807, 2.05) is 17.9 Å². The van der Waals surface area contributed by atoms with Crippen LogP contribution in [0, 0.1) is 5.92 Å². The second-order valence-electron chi connectivity index (χ2n) is 9.36. The molecule has 0 aliphatic carbocycles. The Kier molecular flexibility index (Phi) is 6.21. The number of rotatable bonds is 6. The molecule has 3 aliphatic rings. The normalized spacial score (nSPS) is 20.7. The van der Waals surface area contributed by atoms with Gasteiger partial charge in [0, 0.05) is 57.7 Å². The molecule has 3 N–H and O–H groups in total. The Balaban J connectivity index is 1.26. The third-order valence-electron chi connectivity index (χ3n) is 7.15. The van der Waals surface area contributed by atoms with Crippen molar-refractivity contribution in [2.45, 2.75) is 38.6 Å². The van der Waals surface area contributed by atoms with Crippen LogP contribution in [0.25, 0.3) is 0 Å². The summed E-state index contributed by atoms with van der Waals surface area (Å²) in [5.74, 6) is 2.23. The number of nitrogens with one attached hydrogen (secondary N) is 1. The third-order valence-corrected chi connectivity index (χ3v) is 7.15. The molecule has 1 atom stereocenters. The average molecular weight is 465 g/mol. The van der Waals surface area contributed by atoms with Gasteiger partial charge in [0.2, 0.25) is 11.9 Å². The van der Waals surface area contributed by atoms with Crippen LogP contribution in [-0.2, 0) is 0 Å². The van der Waals surface area contributed by atoms with Crippen LogP contribution in [0.2, 0.25) is 0 Å². The highest BCUT2D eigenvalue weighted by atomic mass is 16.2. The molecular formula is C24H32N8O2. The van der Waals surface area contributed by atoms with Gasteiger partial charge in [-0.15, -0.1) is 0 Å². The van der Waals surface area contributed by atoms with Crippen molar-refractivity contribution in [2.24, 2.45) is 11.7 Å². The molecule has 5 heterocycles. The van der Waals surface area contributed by atoms with Gasteiger partial charge in [-0.05, 0) is 50.7 Å². The van der Waals surface area contributed by atoms with Crippen LogP contribution in [0.5, 0.6) is 0 Å². The summed E-state index contributed by atoms with van der Waals surface area (Å²) in [6, 6.07) is 3.88. The molecule has 5 rings (SSSR count). The van der Waals surface area contributed by atoms with Gasteiger partial charge in [-0.1, -0.05) is 0 Å². The van der Waals surface area contributed by atoms with Gasteiger partial charge in [0.1, 0.15) is 17.2 Å². The number of primary amides is 1. The van der Waals surface area contributed by atoms with E-state index in [0.29, 0.717) is 29.0 Å². The van der Waals surface area contributed by atoms with Crippen molar-refractivity contribution in [1.29, 1.82) is 0 Å². The second kappa shape index (κ2) is 9.44. The van der Waals surface area contributed by atoms with E-state index in [1.54, 1.807) is 12.3 Å². The smallest absolute Gasteiger partial charge is 0.259 e. The Morgan fingerprint density at radius 1 is 1.15 bits per heavy atom. The summed E-state index contributed by atoms with van der Waals surface area (Å²) in [5, 5.41) is 3.17. The first-order valence-corrected chi connectivity index (χ1v) is 12.2. The highest BCUT2D eigenvalue weighted by Crippen LogP contribution is 2.33. The number of carbonyl (C=O) groups is 2. The molecule has 0 saturated carbocycles. The van der Waals surface area contributed by atoms with Crippen molar-refractivity contribution in [2.75, 3.05) is 54.4 Å². The van der Waals surface area contributed by atoms with Crippen molar-refractivity contribution >= 4 is 29.4 Å². The Hall–Kier alpha value is -3.43. The van der Waals surface area contributed by atoms with Crippen LogP contribution in [0.1, 0.15) is 53.3 Å². The predicted molar refractivity (Wildman–Crippen MR) is 130 cm³/mol. The van der Waals surface area contributed by atoms with Gasteiger partial charge in [-0.2, -0.15) is 4.98 Å². The van der Waals surface area contributed by atoms with Crippen LogP contribution in [0.15, 0.2) is 24.5 Å². The largest absolute Gasteiger partial charge is 0.366 e. The molecule has 2 aromatic heterocycles. The monoisotopic (exact) mass is 464 g/mol. The molecule has 2 amide bonds. The van der Waals surface area contributed by atoms with E-state index in [-0.39, 0.29) is 5.91 Å². The molecule has 0 spiro atoms. The molecule has 0 aromatic carbocycles. The number of amides is 2. The van der Waals surface area contributed by atoms with Crippen LogP contribution in [0.3, 0.4) is 0 Å². The SMILES string of the molecule is CCNc1ncc2c(n1)N1CCC[C@H]1CN(CC1CCN(c3ccc(C(N)=O)cn3)CC1)C2=O. The lowest BCUT2D eigenvalue weighted by molar-refractivity contribution is 0.0716. The van der Waals surface area contributed by atoms with E-state index in [0.717, 1.165) is 76.6 Å². The summed E-state index contributed by atoms with van der Waals surface area (Å²) < 4.78 is 0. The molecule has 2 aromatic rings. The number of nitrogens with zero attached hydrogens (tertiary/aromatic N) is 6. The lowest BCUT2D eigenvalue weighted by Gasteiger charge is -2.36. The molecule has 34 heavy (non-hydrogen) atoms. The van der Waals surface area contributed by atoms with E-state index in [9.17, 15) is 9.59 Å². The van der Waals surface area contributed by atoms with Gasteiger partial charge < -0.3 is 25.8 Å². The second-order valence-corrected chi connectivity index (χ2v) is 9.36. The van der Waals surface area contributed by atoms with Gasteiger partial charge in [0.25, 0.3) is 5.91 Å². The first kappa shape index (κ1) is 22.4. The van der Waals surface area contributed by atoms with Crippen molar-refractivity contribution in [3.8, 4) is 0 Å². The van der Waals surface area contributed by atoms with E-state index < -0.39 is 5.91 Å². The van der Waals surface area contributed by atoms with Crippen LogP contribution in [-0.4, -0.2) is 77.0 Å². The zero-order valence-electron chi connectivity index (χ0n) is 19.6. The number of piperidine rings is 1. The fourth-order valence-corrected chi connectivity index (χ4v) is 5.33. The van der Waals surface area contributed by atoms with Gasteiger partial charge in [-0.25, -0.2) is 9.97 Å². The Morgan fingerprint density at radius 3 is 2.68 bits per heavy atom. The Morgan fingerprint density at radius 2 is 1.97 bits per heavy atom. The Bertz CT molecular complexity index is 1050.